The third kappa shape index (κ3) is 2.07. The minimum Gasteiger partial charge on any atom is -0.292 e. The number of imidazole rings is 1. The first-order chi connectivity index (χ1) is 9.61. The van der Waals surface area contributed by atoms with Crippen LogP contribution in [0.2, 0.25) is 5.02 Å². The van der Waals surface area contributed by atoms with Crippen molar-refractivity contribution in [2.24, 2.45) is 0 Å². The Balaban J connectivity index is 2.42. The minimum atomic E-state index is -0.310. The molecule has 2 aromatic carbocycles. The lowest BCUT2D eigenvalue weighted by Crippen LogP contribution is -2.04. The summed E-state index contributed by atoms with van der Waals surface area (Å²) in [7, 11) is 0. The molecular formula is C15H11Cl2FN2. The number of rotatable bonds is 2. The molecule has 0 atom stereocenters. The zero-order valence-electron chi connectivity index (χ0n) is 10.7. The number of alkyl halides is 1. The second-order valence-electron chi connectivity index (χ2n) is 4.54. The number of aromatic nitrogens is 2. The zero-order valence-corrected chi connectivity index (χ0v) is 12.2. The Morgan fingerprint density at radius 3 is 2.75 bits per heavy atom. The van der Waals surface area contributed by atoms with Gasteiger partial charge in [-0.25, -0.2) is 9.37 Å². The lowest BCUT2D eigenvalue weighted by atomic mass is 10.2. The Bertz CT molecular complexity index is 776. The van der Waals surface area contributed by atoms with Crippen molar-refractivity contribution in [1.82, 2.24) is 9.55 Å². The SMILES string of the molecule is Cc1cccc(F)c1-n1c(CCl)nc2ccc(Cl)cc21. The second kappa shape index (κ2) is 5.08. The van der Waals surface area contributed by atoms with Crippen molar-refractivity contribution in [2.45, 2.75) is 12.8 Å². The zero-order chi connectivity index (χ0) is 14.3. The normalized spacial score (nSPS) is 11.2. The molecule has 102 valence electrons. The molecular weight excluding hydrogens is 298 g/mol. The topological polar surface area (TPSA) is 17.8 Å². The average molecular weight is 309 g/mol. The summed E-state index contributed by atoms with van der Waals surface area (Å²) in [5.41, 5.74) is 2.78. The van der Waals surface area contributed by atoms with E-state index in [1.807, 2.05) is 13.0 Å². The fourth-order valence-corrected chi connectivity index (χ4v) is 2.69. The van der Waals surface area contributed by atoms with E-state index in [0.717, 1.165) is 16.6 Å². The number of aryl methyl sites for hydroxylation is 1. The highest BCUT2D eigenvalue weighted by Crippen LogP contribution is 2.28. The van der Waals surface area contributed by atoms with Gasteiger partial charge in [0.05, 0.1) is 22.6 Å². The molecule has 0 radical (unpaired) electrons. The van der Waals surface area contributed by atoms with Gasteiger partial charge in [-0.1, -0.05) is 23.7 Å². The van der Waals surface area contributed by atoms with Crippen molar-refractivity contribution in [3.8, 4) is 5.69 Å². The molecule has 0 unspecified atom stereocenters. The van der Waals surface area contributed by atoms with Gasteiger partial charge in [0, 0.05) is 5.02 Å². The van der Waals surface area contributed by atoms with E-state index in [9.17, 15) is 4.39 Å². The summed E-state index contributed by atoms with van der Waals surface area (Å²) < 4.78 is 16.0. The number of halogens is 3. The Hall–Kier alpha value is -1.58. The predicted octanol–water partition coefficient (Wildman–Crippen LogP) is 4.87. The third-order valence-corrected chi connectivity index (χ3v) is 3.69. The molecule has 0 saturated carbocycles. The van der Waals surface area contributed by atoms with Crippen LogP contribution in [0.5, 0.6) is 0 Å². The fourth-order valence-electron chi connectivity index (χ4n) is 2.34. The van der Waals surface area contributed by atoms with Gasteiger partial charge < -0.3 is 0 Å². The van der Waals surface area contributed by atoms with Crippen LogP contribution >= 0.6 is 23.2 Å². The number of para-hydroxylation sites is 1. The first-order valence-electron chi connectivity index (χ1n) is 6.10. The maximum Gasteiger partial charge on any atom is 0.147 e. The Kier molecular flexibility index (Phi) is 3.40. The molecule has 2 nitrogen and oxygen atoms in total. The van der Waals surface area contributed by atoms with E-state index in [-0.39, 0.29) is 11.7 Å². The maximum atomic E-state index is 14.2. The highest BCUT2D eigenvalue weighted by atomic mass is 35.5. The minimum absolute atomic E-state index is 0.195. The van der Waals surface area contributed by atoms with E-state index in [2.05, 4.69) is 4.98 Å². The standard InChI is InChI=1S/C15H11Cl2FN2/c1-9-3-2-4-11(18)15(9)20-13-7-10(17)5-6-12(13)19-14(20)8-16/h2-7H,8H2,1H3. The van der Waals surface area contributed by atoms with Gasteiger partial charge in [0.1, 0.15) is 11.6 Å². The van der Waals surface area contributed by atoms with E-state index in [4.69, 9.17) is 23.2 Å². The van der Waals surface area contributed by atoms with Crippen LogP contribution in [0.4, 0.5) is 4.39 Å². The van der Waals surface area contributed by atoms with Gasteiger partial charge in [0.25, 0.3) is 0 Å². The van der Waals surface area contributed by atoms with Crippen LogP contribution < -0.4 is 0 Å². The van der Waals surface area contributed by atoms with Crippen molar-refractivity contribution in [3.63, 3.8) is 0 Å². The Morgan fingerprint density at radius 1 is 1.25 bits per heavy atom. The van der Waals surface area contributed by atoms with Gasteiger partial charge in [-0.15, -0.1) is 11.6 Å². The van der Waals surface area contributed by atoms with E-state index in [1.54, 1.807) is 28.8 Å². The molecule has 20 heavy (non-hydrogen) atoms. The summed E-state index contributed by atoms with van der Waals surface area (Å²) in [4.78, 5) is 4.44. The summed E-state index contributed by atoms with van der Waals surface area (Å²) >= 11 is 12.0. The lowest BCUT2D eigenvalue weighted by molar-refractivity contribution is 0.616. The molecule has 0 aliphatic rings. The van der Waals surface area contributed by atoms with Crippen molar-refractivity contribution in [3.05, 3.63) is 58.6 Å². The van der Waals surface area contributed by atoms with Crippen molar-refractivity contribution >= 4 is 34.2 Å². The van der Waals surface area contributed by atoms with Gasteiger partial charge in [0.2, 0.25) is 0 Å². The fraction of sp³-hybridized carbons (Fsp3) is 0.133. The molecule has 5 heteroatoms. The van der Waals surface area contributed by atoms with Gasteiger partial charge >= 0.3 is 0 Å². The molecule has 0 N–H and O–H groups in total. The molecule has 3 rings (SSSR count). The largest absolute Gasteiger partial charge is 0.292 e. The van der Waals surface area contributed by atoms with Gasteiger partial charge in [-0.05, 0) is 36.8 Å². The first-order valence-corrected chi connectivity index (χ1v) is 7.01. The van der Waals surface area contributed by atoms with Crippen LogP contribution in [0.1, 0.15) is 11.4 Å². The molecule has 0 aliphatic heterocycles. The summed E-state index contributed by atoms with van der Waals surface area (Å²) in [6.07, 6.45) is 0. The van der Waals surface area contributed by atoms with Gasteiger partial charge in [-0.2, -0.15) is 0 Å². The maximum absolute atomic E-state index is 14.2. The van der Waals surface area contributed by atoms with Gasteiger partial charge in [0.15, 0.2) is 0 Å². The number of hydrogen-bond acceptors (Lipinski definition) is 1. The lowest BCUT2D eigenvalue weighted by Gasteiger charge is -2.12. The van der Waals surface area contributed by atoms with Crippen LogP contribution in [-0.4, -0.2) is 9.55 Å². The molecule has 0 amide bonds. The number of benzene rings is 2. The molecule has 0 bridgehead atoms. The number of fused-ring (bicyclic) bond motifs is 1. The highest BCUT2D eigenvalue weighted by Gasteiger charge is 2.16. The molecule has 0 spiro atoms. The summed E-state index contributed by atoms with van der Waals surface area (Å²) in [6.45, 7) is 1.85. The molecule has 1 aromatic heterocycles. The third-order valence-electron chi connectivity index (χ3n) is 3.22. The first kappa shape index (κ1) is 13.4. The van der Waals surface area contributed by atoms with Gasteiger partial charge in [-0.3, -0.25) is 4.57 Å². The quantitative estimate of drug-likeness (QED) is 0.618. The van der Waals surface area contributed by atoms with E-state index >= 15 is 0 Å². The second-order valence-corrected chi connectivity index (χ2v) is 5.24. The summed E-state index contributed by atoms with van der Waals surface area (Å²) in [5.74, 6) is 0.479. The monoisotopic (exact) mass is 308 g/mol. The smallest absolute Gasteiger partial charge is 0.147 e. The van der Waals surface area contributed by atoms with Crippen LogP contribution in [0.25, 0.3) is 16.7 Å². The molecule has 0 fully saturated rings. The van der Waals surface area contributed by atoms with Crippen LogP contribution in [-0.2, 0) is 5.88 Å². The Labute approximate surface area is 125 Å². The Morgan fingerprint density at radius 2 is 2.05 bits per heavy atom. The van der Waals surface area contributed by atoms with E-state index in [1.165, 1.54) is 6.07 Å². The highest BCUT2D eigenvalue weighted by molar-refractivity contribution is 6.31. The molecule has 0 aliphatic carbocycles. The van der Waals surface area contributed by atoms with Crippen LogP contribution in [0.15, 0.2) is 36.4 Å². The summed E-state index contributed by atoms with van der Waals surface area (Å²) in [5, 5.41) is 0.578. The van der Waals surface area contributed by atoms with Crippen molar-refractivity contribution in [2.75, 3.05) is 0 Å². The number of hydrogen-bond donors (Lipinski definition) is 0. The average Bonchev–Trinajstić information content (AvgIpc) is 2.77. The van der Waals surface area contributed by atoms with Crippen LogP contribution in [0, 0.1) is 12.7 Å². The predicted molar refractivity (Wildman–Crippen MR) is 80.3 cm³/mol. The molecule has 0 saturated heterocycles. The number of nitrogens with zero attached hydrogens (tertiary/aromatic N) is 2. The molecule has 1 heterocycles. The van der Waals surface area contributed by atoms with Crippen molar-refractivity contribution in [1.29, 1.82) is 0 Å². The molecule has 3 aromatic rings. The summed E-state index contributed by atoms with van der Waals surface area (Å²) in [6, 6.07) is 10.3. The van der Waals surface area contributed by atoms with E-state index in [0.29, 0.717) is 16.5 Å². The van der Waals surface area contributed by atoms with Crippen LogP contribution in [0.3, 0.4) is 0 Å². The van der Waals surface area contributed by atoms with Crippen molar-refractivity contribution < 1.29 is 4.39 Å². The van der Waals surface area contributed by atoms with E-state index < -0.39 is 0 Å².